The molecule has 3 rings (SSSR count). The summed E-state index contributed by atoms with van der Waals surface area (Å²) in [6.07, 6.45) is 17.4. The van der Waals surface area contributed by atoms with Crippen LogP contribution in [0.1, 0.15) is 102 Å². The number of rotatable bonds is 18. The number of carbonyl (C=O) groups excluding carboxylic acids is 1. The molecule has 0 aromatic heterocycles. The highest BCUT2D eigenvalue weighted by Crippen LogP contribution is 2.27. The van der Waals surface area contributed by atoms with Gasteiger partial charge in [-0.3, -0.25) is 4.79 Å². The number of aliphatic hydroxyl groups is 1. The van der Waals surface area contributed by atoms with Crippen LogP contribution in [0.3, 0.4) is 0 Å². The zero-order valence-corrected chi connectivity index (χ0v) is 24.9. The first-order valence-corrected chi connectivity index (χ1v) is 15.5. The molecular formula is C35H51NO4. The van der Waals surface area contributed by atoms with Crippen molar-refractivity contribution in [3.05, 3.63) is 71.8 Å². The van der Waals surface area contributed by atoms with Crippen molar-refractivity contribution >= 4 is 12.0 Å². The van der Waals surface area contributed by atoms with Gasteiger partial charge in [-0.2, -0.15) is 0 Å². The van der Waals surface area contributed by atoms with Gasteiger partial charge in [0, 0.05) is 19.5 Å². The average Bonchev–Trinajstić information content (AvgIpc) is 3.01. The van der Waals surface area contributed by atoms with Crippen molar-refractivity contribution in [2.24, 2.45) is 0 Å². The quantitative estimate of drug-likeness (QED) is 0.192. The van der Waals surface area contributed by atoms with Gasteiger partial charge in [-0.05, 0) is 55.0 Å². The van der Waals surface area contributed by atoms with Crippen LogP contribution in [-0.4, -0.2) is 47.8 Å². The first kappa shape index (κ1) is 31.9. The molecule has 0 bridgehead atoms. The third-order valence-electron chi connectivity index (χ3n) is 7.93. The van der Waals surface area contributed by atoms with E-state index in [1.165, 1.54) is 38.5 Å². The van der Waals surface area contributed by atoms with Crippen LogP contribution in [0.4, 0.5) is 0 Å². The predicted octanol–water partition coefficient (Wildman–Crippen LogP) is 7.96. The van der Waals surface area contributed by atoms with E-state index in [0.29, 0.717) is 19.7 Å². The summed E-state index contributed by atoms with van der Waals surface area (Å²) in [4.78, 5) is 15.6. The minimum atomic E-state index is -1.61. The lowest BCUT2D eigenvalue weighted by Gasteiger charge is -2.35. The van der Waals surface area contributed by atoms with Gasteiger partial charge < -0.3 is 19.5 Å². The molecular weight excluding hydrogens is 498 g/mol. The highest BCUT2D eigenvalue weighted by Gasteiger charge is 2.39. The molecule has 1 N–H and O–H groups in total. The monoisotopic (exact) mass is 549 g/mol. The van der Waals surface area contributed by atoms with Gasteiger partial charge in [0.15, 0.2) is 5.60 Å². The van der Waals surface area contributed by atoms with Crippen LogP contribution in [-0.2, 0) is 16.1 Å². The standard InChI is InChI=1S/C35H51NO4/c1-3-4-5-6-7-8-9-14-19-33(40-29-31-20-22-32(39-2)23-21-31)28-35(38,25-24-30-17-12-10-13-18-30)34(37)36-26-15-11-16-27-36/h10,12-13,17-18,20-25,33,38H,3-9,11,14-16,19,26-29H2,1-2H3/b25-24+/t33-,35-/m0/s1. The van der Waals surface area contributed by atoms with Crippen LogP contribution < -0.4 is 4.74 Å². The van der Waals surface area contributed by atoms with Gasteiger partial charge in [-0.25, -0.2) is 0 Å². The molecule has 0 unspecified atom stereocenters. The van der Waals surface area contributed by atoms with Gasteiger partial charge in [-0.15, -0.1) is 0 Å². The third kappa shape index (κ3) is 11.1. The number of methoxy groups -OCH3 is 1. The van der Waals surface area contributed by atoms with Gasteiger partial charge in [0.2, 0.25) is 0 Å². The van der Waals surface area contributed by atoms with Gasteiger partial charge >= 0.3 is 0 Å². The van der Waals surface area contributed by atoms with Crippen LogP contribution in [0.25, 0.3) is 6.08 Å². The largest absolute Gasteiger partial charge is 0.497 e. The fraction of sp³-hybridized carbons (Fsp3) is 0.571. The number of benzene rings is 2. The van der Waals surface area contributed by atoms with E-state index < -0.39 is 5.60 Å². The number of hydrogen-bond acceptors (Lipinski definition) is 4. The van der Waals surface area contributed by atoms with Crippen molar-refractivity contribution in [1.29, 1.82) is 0 Å². The van der Waals surface area contributed by atoms with Crippen LogP contribution in [0.15, 0.2) is 60.7 Å². The Morgan fingerprint density at radius 2 is 1.57 bits per heavy atom. The second-order valence-electron chi connectivity index (χ2n) is 11.3. The van der Waals surface area contributed by atoms with E-state index >= 15 is 0 Å². The summed E-state index contributed by atoms with van der Waals surface area (Å²) in [7, 11) is 1.66. The van der Waals surface area contributed by atoms with Crippen molar-refractivity contribution in [3.63, 3.8) is 0 Å². The van der Waals surface area contributed by atoms with E-state index in [-0.39, 0.29) is 18.4 Å². The van der Waals surface area contributed by atoms with Crippen LogP contribution >= 0.6 is 0 Å². The molecule has 1 saturated heterocycles. The molecule has 0 spiro atoms. The lowest BCUT2D eigenvalue weighted by atomic mass is 9.90. The highest BCUT2D eigenvalue weighted by molar-refractivity contribution is 5.88. The fourth-order valence-electron chi connectivity index (χ4n) is 5.43. The smallest absolute Gasteiger partial charge is 0.258 e. The summed E-state index contributed by atoms with van der Waals surface area (Å²) >= 11 is 0. The minimum absolute atomic E-state index is 0.201. The topological polar surface area (TPSA) is 59.0 Å². The summed E-state index contributed by atoms with van der Waals surface area (Å²) in [5.41, 5.74) is 0.399. The molecule has 5 heteroatoms. The van der Waals surface area contributed by atoms with Crippen molar-refractivity contribution in [1.82, 2.24) is 4.90 Å². The van der Waals surface area contributed by atoms with Gasteiger partial charge in [0.25, 0.3) is 5.91 Å². The van der Waals surface area contributed by atoms with Crippen molar-refractivity contribution in [3.8, 4) is 5.75 Å². The Morgan fingerprint density at radius 3 is 2.23 bits per heavy atom. The number of carbonyl (C=O) groups is 1. The SMILES string of the molecule is CCCCCCCCCC[C@@H](C[C@@](O)(/C=C/c1ccccc1)C(=O)N1CCCCC1)OCc1ccc(OC)cc1. The summed E-state index contributed by atoms with van der Waals surface area (Å²) in [5.74, 6) is 0.611. The molecule has 2 atom stereocenters. The minimum Gasteiger partial charge on any atom is -0.497 e. The number of ether oxygens (including phenoxy) is 2. The molecule has 5 nitrogen and oxygen atoms in total. The molecule has 2 aromatic rings. The maximum atomic E-state index is 13.8. The number of nitrogens with zero attached hydrogens (tertiary/aromatic N) is 1. The number of piperidine rings is 1. The Kier molecular flexibility index (Phi) is 14.3. The maximum Gasteiger partial charge on any atom is 0.258 e. The number of likely N-dealkylation sites (tertiary alicyclic amines) is 1. The summed E-state index contributed by atoms with van der Waals surface area (Å²) in [5, 5.41) is 12.0. The van der Waals surface area contributed by atoms with E-state index in [9.17, 15) is 9.90 Å². The molecule has 2 aromatic carbocycles. The molecule has 1 amide bonds. The summed E-state index contributed by atoms with van der Waals surface area (Å²) < 4.78 is 11.7. The Morgan fingerprint density at radius 1 is 0.925 bits per heavy atom. The fourth-order valence-corrected chi connectivity index (χ4v) is 5.43. The van der Waals surface area contributed by atoms with E-state index in [4.69, 9.17) is 9.47 Å². The zero-order valence-electron chi connectivity index (χ0n) is 24.9. The van der Waals surface area contributed by atoms with E-state index in [0.717, 1.165) is 55.4 Å². The molecule has 1 aliphatic heterocycles. The predicted molar refractivity (Wildman–Crippen MR) is 164 cm³/mol. The van der Waals surface area contributed by atoms with E-state index in [1.807, 2.05) is 65.6 Å². The molecule has 40 heavy (non-hydrogen) atoms. The number of hydrogen-bond donors (Lipinski definition) is 1. The molecule has 1 fully saturated rings. The zero-order chi connectivity index (χ0) is 28.5. The molecule has 0 aliphatic carbocycles. The van der Waals surface area contributed by atoms with E-state index in [1.54, 1.807) is 13.2 Å². The molecule has 0 saturated carbocycles. The molecule has 1 aliphatic rings. The van der Waals surface area contributed by atoms with Crippen molar-refractivity contribution < 1.29 is 19.4 Å². The van der Waals surface area contributed by atoms with Crippen LogP contribution in [0.2, 0.25) is 0 Å². The summed E-state index contributed by atoms with van der Waals surface area (Å²) in [6, 6.07) is 17.8. The molecule has 220 valence electrons. The van der Waals surface area contributed by atoms with Crippen LogP contribution in [0, 0.1) is 0 Å². The number of unbranched alkanes of at least 4 members (excludes halogenated alkanes) is 7. The lowest BCUT2D eigenvalue weighted by Crippen LogP contribution is -2.51. The average molecular weight is 550 g/mol. The number of amides is 1. The van der Waals surface area contributed by atoms with Crippen molar-refractivity contribution in [2.75, 3.05) is 20.2 Å². The Labute approximate surface area is 242 Å². The second-order valence-corrected chi connectivity index (χ2v) is 11.3. The maximum absolute atomic E-state index is 13.8. The second kappa shape index (κ2) is 17.9. The van der Waals surface area contributed by atoms with E-state index in [2.05, 4.69) is 6.92 Å². The Balaban J connectivity index is 1.71. The third-order valence-corrected chi connectivity index (χ3v) is 7.93. The first-order valence-electron chi connectivity index (χ1n) is 15.5. The Bertz CT molecular complexity index is 984. The van der Waals surface area contributed by atoms with Gasteiger partial charge in [0.1, 0.15) is 5.75 Å². The highest BCUT2D eigenvalue weighted by atomic mass is 16.5. The van der Waals surface area contributed by atoms with Crippen molar-refractivity contribution in [2.45, 2.75) is 109 Å². The van der Waals surface area contributed by atoms with Crippen LogP contribution in [0.5, 0.6) is 5.75 Å². The Hall–Kier alpha value is -2.63. The van der Waals surface area contributed by atoms with Gasteiger partial charge in [-0.1, -0.05) is 107 Å². The molecule has 1 heterocycles. The summed E-state index contributed by atoms with van der Waals surface area (Å²) in [6.45, 7) is 4.09. The first-order chi connectivity index (χ1) is 19.5. The van der Waals surface area contributed by atoms with Gasteiger partial charge in [0.05, 0.1) is 19.8 Å². The normalized spacial score (nSPS) is 16.1. The molecule has 0 radical (unpaired) electrons. The lowest BCUT2D eigenvalue weighted by molar-refractivity contribution is -0.151.